The van der Waals surface area contributed by atoms with Gasteiger partial charge in [-0.05, 0) is 19.3 Å². The molecule has 0 radical (unpaired) electrons. The Morgan fingerprint density at radius 1 is 0.609 bits per heavy atom. The van der Waals surface area contributed by atoms with E-state index in [1.807, 2.05) is 0 Å². The van der Waals surface area contributed by atoms with Crippen molar-refractivity contribution in [2.24, 2.45) is 0 Å². The molecular formula is C18H36O5. The van der Waals surface area contributed by atoms with E-state index in [9.17, 15) is 9.59 Å². The Labute approximate surface area is 141 Å². The zero-order valence-corrected chi connectivity index (χ0v) is 14.8. The Morgan fingerprint density at radius 3 is 1.30 bits per heavy atom. The van der Waals surface area contributed by atoms with E-state index in [1.54, 1.807) is 0 Å². The van der Waals surface area contributed by atoms with Gasteiger partial charge in [0.1, 0.15) is 0 Å². The van der Waals surface area contributed by atoms with Crippen LogP contribution in [0, 0.1) is 0 Å². The van der Waals surface area contributed by atoms with E-state index >= 15 is 0 Å². The Kier molecular flexibility index (Phi) is 22.0. The second-order valence-electron chi connectivity index (χ2n) is 5.90. The number of rotatable bonds is 15. The average Bonchev–Trinajstić information content (AvgIpc) is 2.50. The van der Waals surface area contributed by atoms with Gasteiger partial charge in [-0.3, -0.25) is 9.59 Å². The average molecular weight is 332 g/mol. The molecule has 0 aromatic carbocycles. The van der Waals surface area contributed by atoms with Crippen LogP contribution in [0.25, 0.3) is 0 Å². The van der Waals surface area contributed by atoms with Crippen LogP contribution in [0.4, 0.5) is 0 Å². The largest absolute Gasteiger partial charge is 0.481 e. The van der Waals surface area contributed by atoms with E-state index in [-0.39, 0.29) is 6.61 Å². The zero-order chi connectivity index (χ0) is 17.8. The number of carboxylic acid groups (broad SMARTS) is 2. The van der Waals surface area contributed by atoms with Crippen molar-refractivity contribution in [2.45, 2.75) is 96.8 Å². The van der Waals surface area contributed by atoms with Crippen molar-refractivity contribution in [3.63, 3.8) is 0 Å². The fourth-order valence-corrected chi connectivity index (χ4v) is 2.15. The maximum Gasteiger partial charge on any atom is 0.303 e. The van der Waals surface area contributed by atoms with Crippen molar-refractivity contribution >= 4 is 11.9 Å². The molecular weight excluding hydrogens is 296 g/mol. The van der Waals surface area contributed by atoms with E-state index in [2.05, 4.69) is 6.92 Å². The van der Waals surface area contributed by atoms with Crippen LogP contribution in [0.2, 0.25) is 0 Å². The molecule has 0 bridgehead atoms. The lowest BCUT2D eigenvalue weighted by atomic mass is 10.1. The maximum atomic E-state index is 10.1. The third-order valence-corrected chi connectivity index (χ3v) is 3.54. The van der Waals surface area contributed by atoms with Crippen LogP contribution < -0.4 is 0 Å². The van der Waals surface area contributed by atoms with E-state index in [1.165, 1.54) is 25.7 Å². The molecule has 23 heavy (non-hydrogen) atoms. The number of aliphatic hydroxyl groups excluding tert-OH is 1. The van der Waals surface area contributed by atoms with Gasteiger partial charge in [-0.25, -0.2) is 0 Å². The molecule has 0 aliphatic rings. The van der Waals surface area contributed by atoms with Gasteiger partial charge in [-0.2, -0.15) is 0 Å². The first-order chi connectivity index (χ1) is 11.0. The first-order valence-corrected chi connectivity index (χ1v) is 9.09. The van der Waals surface area contributed by atoms with Crippen LogP contribution in [-0.4, -0.2) is 33.9 Å². The third-order valence-electron chi connectivity index (χ3n) is 3.54. The molecule has 5 heteroatoms. The monoisotopic (exact) mass is 332 g/mol. The standard InChI is InChI=1S/C9H18O3.C9H18O2/c10-8-6-4-2-1-3-5-7-9(11)12;1-2-3-4-5-6-7-8-9(10)11/h10H,1-8H2,(H,11,12);2-8H2,1H3,(H,10,11). The van der Waals surface area contributed by atoms with Gasteiger partial charge in [0.25, 0.3) is 0 Å². The number of aliphatic hydroxyl groups is 1. The molecule has 5 nitrogen and oxygen atoms in total. The second-order valence-corrected chi connectivity index (χ2v) is 5.90. The van der Waals surface area contributed by atoms with Crippen molar-refractivity contribution in [2.75, 3.05) is 6.61 Å². The van der Waals surface area contributed by atoms with Gasteiger partial charge < -0.3 is 15.3 Å². The Morgan fingerprint density at radius 2 is 0.957 bits per heavy atom. The van der Waals surface area contributed by atoms with Gasteiger partial charge in [-0.1, -0.05) is 64.7 Å². The summed E-state index contributed by atoms with van der Waals surface area (Å²) >= 11 is 0. The highest BCUT2D eigenvalue weighted by atomic mass is 16.4. The fraction of sp³-hybridized carbons (Fsp3) is 0.889. The lowest BCUT2D eigenvalue weighted by Crippen LogP contribution is -1.93. The minimum Gasteiger partial charge on any atom is -0.481 e. The zero-order valence-electron chi connectivity index (χ0n) is 14.8. The first-order valence-electron chi connectivity index (χ1n) is 9.09. The van der Waals surface area contributed by atoms with Gasteiger partial charge in [0, 0.05) is 19.4 Å². The van der Waals surface area contributed by atoms with E-state index < -0.39 is 11.9 Å². The maximum absolute atomic E-state index is 10.1. The summed E-state index contributed by atoms with van der Waals surface area (Å²) in [5, 5.41) is 25.1. The van der Waals surface area contributed by atoms with Gasteiger partial charge in [-0.15, -0.1) is 0 Å². The van der Waals surface area contributed by atoms with Crippen molar-refractivity contribution < 1.29 is 24.9 Å². The molecule has 3 N–H and O–H groups in total. The van der Waals surface area contributed by atoms with Crippen molar-refractivity contribution in [1.29, 1.82) is 0 Å². The molecule has 0 fully saturated rings. The number of unbranched alkanes of at least 4 members (excludes halogenated alkanes) is 10. The lowest BCUT2D eigenvalue weighted by Gasteiger charge is -1.98. The molecule has 0 aliphatic heterocycles. The lowest BCUT2D eigenvalue weighted by molar-refractivity contribution is -0.138. The number of aliphatic carboxylic acids is 2. The van der Waals surface area contributed by atoms with E-state index in [4.69, 9.17) is 15.3 Å². The van der Waals surface area contributed by atoms with Crippen molar-refractivity contribution in [3.05, 3.63) is 0 Å². The first kappa shape index (κ1) is 24.2. The molecule has 0 aromatic heterocycles. The summed E-state index contributed by atoms with van der Waals surface area (Å²) < 4.78 is 0. The third kappa shape index (κ3) is 29.5. The molecule has 0 atom stereocenters. The number of carboxylic acids is 2. The summed E-state index contributed by atoms with van der Waals surface area (Å²) in [6.07, 6.45) is 13.5. The summed E-state index contributed by atoms with van der Waals surface area (Å²) in [5.41, 5.74) is 0. The highest BCUT2D eigenvalue weighted by Gasteiger charge is 1.96. The summed E-state index contributed by atoms with van der Waals surface area (Å²) in [5.74, 6) is -1.37. The van der Waals surface area contributed by atoms with Crippen LogP contribution >= 0.6 is 0 Å². The van der Waals surface area contributed by atoms with E-state index in [0.717, 1.165) is 51.4 Å². The predicted octanol–water partition coefficient (Wildman–Crippen LogP) is 4.62. The van der Waals surface area contributed by atoms with E-state index in [0.29, 0.717) is 12.8 Å². The van der Waals surface area contributed by atoms with Crippen LogP contribution in [-0.2, 0) is 9.59 Å². The SMILES string of the molecule is CCCCCCCCC(=O)O.O=C(O)CCCCCCCCO. The summed E-state index contributed by atoms with van der Waals surface area (Å²) in [6.45, 7) is 2.45. The molecule has 0 spiro atoms. The molecule has 0 unspecified atom stereocenters. The highest BCUT2D eigenvalue weighted by molar-refractivity contribution is 5.66. The minimum atomic E-state index is -0.703. The number of carbonyl (C=O) groups is 2. The molecule has 138 valence electrons. The number of hydrogen-bond donors (Lipinski definition) is 3. The molecule has 0 aromatic rings. The van der Waals surface area contributed by atoms with Gasteiger partial charge in [0.05, 0.1) is 0 Å². The quantitative estimate of drug-likeness (QED) is 0.380. The Hall–Kier alpha value is -1.10. The molecule has 0 amide bonds. The molecule has 0 saturated carbocycles. The summed E-state index contributed by atoms with van der Waals surface area (Å²) in [4.78, 5) is 20.2. The second kappa shape index (κ2) is 20.9. The van der Waals surface area contributed by atoms with Crippen LogP contribution in [0.5, 0.6) is 0 Å². The highest BCUT2D eigenvalue weighted by Crippen LogP contribution is 2.07. The normalized spacial score (nSPS) is 10.0. The molecule has 0 aliphatic carbocycles. The summed E-state index contributed by atoms with van der Waals surface area (Å²) in [7, 11) is 0. The molecule has 0 heterocycles. The van der Waals surface area contributed by atoms with Crippen molar-refractivity contribution in [3.8, 4) is 0 Å². The van der Waals surface area contributed by atoms with Crippen molar-refractivity contribution in [1.82, 2.24) is 0 Å². The smallest absolute Gasteiger partial charge is 0.303 e. The van der Waals surface area contributed by atoms with Crippen LogP contribution in [0.15, 0.2) is 0 Å². The number of hydrogen-bond acceptors (Lipinski definition) is 3. The summed E-state index contributed by atoms with van der Waals surface area (Å²) in [6, 6.07) is 0. The fourth-order valence-electron chi connectivity index (χ4n) is 2.15. The minimum absolute atomic E-state index is 0.273. The Balaban J connectivity index is 0. The Bertz CT molecular complexity index is 266. The van der Waals surface area contributed by atoms with Gasteiger partial charge in [0.15, 0.2) is 0 Å². The van der Waals surface area contributed by atoms with Gasteiger partial charge >= 0.3 is 11.9 Å². The van der Waals surface area contributed by atoms with Crippen LogP contribution in [0.3, 0.4) is 0 Å². The predicted molar refractivity (Wildman–Crippen MR) is 92.7 cm³/mol. The molecule has 0 saturated heterocycles. The molecule has 0 rings (SSSR count). The van der Waals surface area contributed by atoms with Crippen LogP contribution in [0.1, 0.15) is 96.8 Å². The van der Waals surface area contributed by atoms with Gasteiger partial charge in [0.2, 0.25) is 0 Å². The topological polar surface area (TPSA) is 94.8 Å².